The molecular weight excluding hydrogens is 627 g/mol. The summed E-state index contributed by atoms with van der Waals surface area (Å²) in [6.07, 6.45) is 7.79. The van der Waals surface area contributed by atoms with Crippen molar-refractivity contribution in [2.75, 3.05) is 43.0 Å². The molecule has 1 saturated heterocycles. The van der Waals surface area contributed by atoms with Crippen molar-refractivity contribution in [1.82, 2.24) is 29.7 Å². The van der Waals surface area contributed by atoms with Gasteiger partial charge in [-0.05, 0) is 55.2 Å². The van der Waals surface area contributed by atoms with Crippen molar-refractivity contribution in [1.29, 1.82) is 0 Å². The fraction of sp³-hybridized carbons (Fsp3) is 0.364. The summed E-state index contributed by atoms with van der Waals surface area (Å²) in [7, 11) is 0. The van der Waals surface area contributed by atoms with E-state index in [1.54, 1.807) is 46.4 Å². The van der Waals surface area contributed by atoms with Gasteiger partial charge in [0, 0.05) is 62.4 Å². The number of rotatable bonds is 11. The Hall–Kier alpha value is -4.35. The van der Waals surface area contributed by atoms with Gasteiger partial charge in [0.25, 0.3) is 0 Å². The van der Waals surface area contributed by atoms with Gasteiger partial charge in [-0.1, -0.05) is 49.2 Å². The van der Waals surface area contributed by atoms with E-state index in [0.717, 1.165) is 22.7 Å². The number of ether oxygens (including phenoxy) is 1. The topological polar surface area (TPSA) is 118 Å². The second kappa shape index (κ2) is 15.3. The van der Waals surface area contributed by atoms with Gasteiger partial charge in [-0.25, -0.2) is 14.8 Å². The third kappa shape index (κ3) is 8.27. The van der Waals surface area contributed by atoms with Crippen LogP contribution in [-0.2, 0) is 11.2 Å². The Labute approximate surface area is 278 Å². The minimum Gasteiger partial charge on any atom is -0.494 e. The summed E-state index contributed by atoms with van der Waals surface area (Å²) in [6, 6.07) is 12.2. The molecule has 46 heavy (non-hydrogen) atoms. The van der Waals surface area contributed by atoms with E-state index in [-0.39, 0.29) is 30.3 Å². The van der Waals surface area contributed by atoms with Crippen molar-refractivity contribution >= 4 is 46.6 Å². The van der Waals surface area contributed by atoms with Crippen molar-refractivity contribution in [3.8, 4) is 11.7 Å². The first-order chi connectivity index (χ1) is 22.2. The summed E-state index contributed by atoms with van der Waals surface area (Å²) >= 11 is 12.2. The highest BCUT2D eigenvalue weighted by molar-refractivity contribution is 6.42. The second-order valence-corrected chi connectivity index (χ2v) is 12.1. The van der Waals surface area contributed by atoms with Crippen LogP contribution in [0.2, 0.25) is 10.0 Å². The van der Waals surface area contributed by atoms with Crippen LogP contribution in [-0.4, -0.2) is 75.2 Å². The largest absolute Gasteiger partial charge is 0.494 e. The average molecular weight is 666 g/mol. The smallest absolute Gasteiger partial charge is 0.321 e. The maximum Gasteiger partial charge on any atom is 0.321 e. The lowest BCUT2D eigenvalue weighted by Crippen LogP contribution is -2.57. The van der Waals surface area contributed by atoms with Gasteiger partial charge >= 0.3 is 6.03 Å². The molecular formula is C33H38Cl2N8O3. The third-order valence-electron chi connectivity index (χ3n) is 7.74. The Balaban J connectivity index is 1.34. The fourth-order valence-corrected chi connectivity index (χ4v) is 5.63. The fourth-order valence-electron chi connectivity index (χ4n) is 5.33. The lowest BCUT2D eigenvalue weighted by molar-refractivity contribution is -0.121. The third-order valence-corrected chi connectivity index (χ3v) is 8.48. The zero-order valence-electron chi connectivity index (χ0n) is 26.1. The summed E-state index contributed by atoms with van der Waals surface area (Å²) in [4.78, 5) is 44.3. The van der Waals surface area contributed by atoms with Crippen LogP contribution >= 0.6 is 23.2 Å². The minimum atomic E-state index is -0.346. The number of anilines is 2. The van der Waals surface area contributed by atoms with Gasteiger partial charge in [0.2, 0.25) is 11.9 Å². The van der Waals surface area contributed by atoms with Crippen LogP contribution in [0.25, 0.3) is 5.95 Å². The number of nitrogens with zero attached hydrogens (tertiary/aromatic N) is 6. The number of aromatic nitrogens is 4. The first kappa shape index (κ1) is 33.0. The molecule has 1 atom stereocenters. The molecule has 5 rings (SSSR count). The number of urea groups is 1. The number of hydrogen-bond donors (Lipinski definition) is 2. The normalized spacial score (nSPS) is 14.8. The van der Waals surface area contributed by atoms with Crippen molar-refractivity contribution in [2.45, 2.75) is 45.6 Å². The van der Waals surface area contributed by atoms with Gasteiger partial charge in [-0.3, -0.25) is 9.36 Å². The predicted octanol–water partition coefficient (Wildman–Crippen LogP) is 5.96. The van der Waals surface area contributed by atoms with E-state index >= 15 is 0 Å². The van der Waals surface area contributed by atoms with E-state index in [0.29, 0.717) is 60.9 Å². The van der Waals surface area contributed by atoms with Crippen molar-refractivity contribution in [3.05, 3.63) is 88.6 Å². The molecule has 13 heteroatoms. The van der Waals surface area contributed by atoms with Gasteiger partial charge in [-0.15, -0.1) is 0 Å². The first-order valence-electron chi connectivity index (χ1n) is 15.3. The monoisotopic (exact) mass is 664 g/mol. The van der Waals surface area contributed by atoms with Crippen LogP contribution in [0.1, 0.15) is 44.2 Å². The molecule has 3 amide bonds. The summed E-state index contributed by atoms with van der Waals surface area (Å²) in [6.45, 7) is 8.42. The Kier molecular flexibility index (Phi) is 11.0. The van der Waals surface area contributed by atoms with Gasteiger partial charge in [0.05, 0.1) is 22.7 Å². The quantitative estimate of drug-likeness (QED) is 0.203. The zero-order valence-corrected chi connectivity index (χ0v) is 27.6. The number of carbonyl (C=O) groups is 2. The summed E-state index contributed by atoms with van der Waals surface area (Å²) in [5.41, 5.74) is 2.59. The van der Waals surface area contributed by atoms with E-state index in [4.69, 9.17) is 32.9 Å². The van der Waals surface area contributed by atoms with Crippen LogP contribution in [0.5, 0.6) is 5.75 Å². The van der Waals surface area contributed by atoms with E-state index in [9.17, 15) is 9.59 Å². The van der Waals surface area contributed by atoms with Gasteiger partial charge in [0.15, 0.2) is 0 Å². The van der Waals surface area contributed by atoms with Crippen LogP contribution < -0.4 is 20.3 Å². The molecule has 4 aromatic rings. The standard InChI is InChI=1S/C33H38Cl2N8O3/c1-4-46-26-8-5-23(6-9-26)11-12-37-30(44)18-25-20-41(33(45)39-24-7-10-28(34)29(35)17-24)15-16-43(25)31-27(22(2)3)19-38-32(40-31)42-14-13-36-21-42/h5-10,13-14,17,19,21-22,25H,4,11-12,15-16,18,20H2,1-3H3,(H,37,44)(H,39,45). The van der Waals surface area contributed by atoms with Crippen molar-refractivity contribution in [3.63, 3.8) is 0 Å². The van der Waals surface area contributed by atoms with Gasteiger partial charge in [-0.2, -0.15) is 4.98 Å². The second-order valence-electron chi connectivity index (χ2n) is 11.3. The van der Waals surface area contributed by atoms with E-state index in [1.807, 2.05) is 37.4 Å². The van der Waals surface area contributed by atoms with Crippen LogP contribution in [0, 0.1) is 0 Å². The highest BCUT2D eigenvalue weighted by Gasteiger charge is 2.34. The molecule has 0 aliphatic carbocycles. The van der Waals surface area contributed by atoms with Crippen molar-refractivity contribution < 1.29 is 14.3 Å². The Morgan fingerprint density at radius 3 is 2.59 bits per heavy atom. The number of imidazole rings is 1. The number of benzene rings is 2. The van der Waals surface area contributed by atoms with Crippen LogP contribution in [0.15, 0.2) is 67.4 Å². The van der Waals surface area contributed by atoms with E-state index < -0.39 is 0 Å². The average Bonchev–Trinajstić information content (AvgIpc) is 3.59. The Bertz CT molecular complexity index is 1630. The number of amides is 3. The van der Waals surface area contributed by atoms with Crippen molar-refractivity contribution in [2.24, 2.45) is 0 Å². The SMILES string of the molecule is CCOc1ccc(CCNC(=O)CC2CN(C(=O)Nc3ccc(Cl)c(Cl)c3)CCN2c2nc(-n3ccnc3)ncc2C(C)C)cc1. The first-order valence-corrected chi connectivity index (χ1v) is 16.1. The molecule has 1 aliphatic rings. The Morgan fingerprint density at radius 2 is 1.89 bits per heavy atom. The molecule has 1 aliphatic heterocycles. The van der Waals surface area contributed by atoms with E-state index in [2.05, 4.69) is 39.3 Å². The van der Waals surface area contributed by atoms with E-state index in [1.165, 1.54) is 0 Å². The zero-order chi connectivity index (χ0) is 32.6. The van der Waals surface area contributed by atoms with Gasteiger partial charge < -0.3 is 25.2 Å². The highest BCUT2D eigenvalue weighted by atomic mass is 35.5. The molecule has 0 bridgehead atoms. The van der Waals surface area contributed by atoms with Gasteiger partial charge in [0.1, 0.15) is 17.9 Å². The molecule has 2 N–H and O–H groups in total. The molecule has 2 aromatic heterocycles. The minimum absolute atomic E-state index is 0.109. The lowest BCUT2D eigenvalue weighted by Gasteiger charge is -2.42. The highest BCUT2D eigenvalue weighted by Crippen LogP contribution is 2.30. The number of carbonyl (C=O) groups excluding carboxylic acids is 2. The molecule has 3 heterocycles. The molecule has 242 valence electrons. The Morgan fingerprint density at radius 1 is 1.09 bits per heavy atom. The predicted molar refractivity (Wildman–Crippen MR) is 180 cm³/mol. The molecule has 11 nitrogen and oxygen atoms in total. The summed E-state index contributed by atoms with van der Waals surface area (Å²) in [5, 5.41) is 6.73. The molecule has 0 spiro atoms. The molecule has 1 fully saturated rings. The summed E-state index contributed by atoms with van der Waals surface area (Å²) in [5.74, 6) is 2.07. The number of halogens is 2. The number of nitrogens with one attached hydrogen (secondary N) is 2. The molecule has 0 radical (unpaired) electrons. The van der Waals surface area contributed by atoms with Crippen LogP contribution in [0.3, 0.4) is 0 Å². The number of hydrogen-bond acceptors (Lipinski definition) is 7. The molecule has 1 unspecified atom stereocenters. The lowest BCUT2D eigenvalue weighted by atomic mass is 10.0. The van der Waals surface area contributed by atoms with Crippen LogP contribution in [0.4, 0.5) is 16.3 Å². The maximum atomic E-state index is 13.4. The molecule has 0 saturated carbocycles. The number of piperazine rings is 1. The molecule has 2 aromatic carbocycles. The maximum absolute atomic E-state index is 13.4. The summed E-state index contributed by atoms with van der Waals surface area (Å²) < 4.78 is 7.27.